The standard InChI is InChI=1S/C13H9F3N6O2/c1-17-10-9-11(20-12(19-10)13(14,15)16)21(6-18-9)7-3-2-4-8(5-7)22(23)24/h2-6H,1H3,(H,17,19,20). The summed E-state index contributed by atoms with van der Waals surface area (Å²) < 4.78 is 40.1. The SMILES string of the molecule is CNc1nc(C(F)(F)F)nc2c1ncn2-c1cccc([N+](=O)[O-])c1. The van der Waals surface area contributed by atoms with Gasteiger partial charge in [-0.15, -0.1) is 0 Å². The molecule has 0 spiro atoms. The summed E-state index contributed by atoms with van der Waals surface area (Å²) in [6.45, 7) is 0. The molecule has 2 heterocycles. The first-order valence-electron chi connectivity index (χ1n) is 6.56. The van der Waals surface area contributed by atoms with Gasteiger partial charge in [0.15, 0.2) is 17.0 Å². The average molecular weight is 338 g/mol. The number of imidazole rings is 1. The molecule has 1 aromatic carbocycles. The van der Waals surface area contributed by atoms with Crippen molar-refractivity contribution in [2.75, 3.05) is 12.4 Å². The van der Waals surface area contributed by atoms with Crippen LogP contribution in [0.5, 0.6) is 0 Å². The third-order valence-electron chi connectivity index (χ3n) is 3.21. The molecule has 0 bridgehead atoms. The number of rotatable bonds is 3. The quantitative estimate of drug-likeness (QED) is 0.582. The number of nitro benzene ring substituents is 1. The van der Waals surface area contributed by atoms with Crippen LogP contribution in [-0.2, 0) is 6.18 Å². The van der Waals surface area contributed by atoms with Crippen LogP contribution in [0.2, 0.25) is 0 Å². The number of benzene rings is 1. The summed E-state index contributed by atoms with van der Waals surface area (Å²) in [5.41, 5.74) is 0.0769. The van der Waals surface area contributed by atoms with Crippen molar-refractivity contribution in [2.24, 2.45) is 0 Å². The molecule has 8 nitrogen and oxygen atoms in total. The van der Waals surface area contributed by atoms with E-state index in [-0.39, 0.29) is 28.4 Å². The predicted molar refractivity (Wildman–Crippen MR) is 77.9 cm³/mol. The van der Waals surface area contributed by atoms with Gasteiger partial charge in [-0.25, -0.2) is 15.0 Å². The highest BCUT2D eigenvalue weighted by molar-refractivity contribution is 5.84. The Kier molecular flexibility index (Phi) is 3.55. The Morgan fingerprint density at radius 2 is 2.04 bits per heavy atom. The van der Waals surface area contributed by atoms with Crippen molar-refractivity contribution >= 4 is 22.7 Å². The third kappa shape index (κ3) is 2.59. The maximum Gasteiger partial charge on any atom is 0.451 e. The highest BCUT2D eigenvalue weighted by Crippen LogP contribution is 2.30. The average Bonchev–Trinajstić information content (AvgIpc) is 2.97. The minimum atomic E-state index is -4.74. The predicted octanol–water partition coefficient (Wildman–Crippen LogP) is 2.78. The van der Waals surface area contributed by atoms with Crippen LogP contribution < -0.4 is 5.32 Å². The fourth-order valence-electron chi connectivity index (χ4n) is 2.15. The van der Waals surface area contributed by atoms with Gasteiger partial charge in [0.25, 0.3) is 5.69 Å². The Bertz CT molecular complexity index is 937. The molecule has 3 rings (SSSR count). The molecule has 0 fully saturated rings. The number of aromatic nitrogens is 4. The Hall–Kier alpha value is -3.24. The van der Waals surface area contributed by atoms with Gasteiger partial charge in [0, 0.05) is 19.2 Å². The lowest BCUT2D eigenvalue weighted by Gasteiger charge is -2.09. The zero-order valence-electron chi connectivity index (χ0n) is 12.1. The van der Waals surface area contributed by atoms with E-state index in [1.54, 1.807) is 0 Å². The van der Waals surface area contributed by atoms with E-state index in [1.807, 2.05) is 0 Å². The van der Waals surface area contributed by atoms with E-state index in [0.29, 0.717) is 0 Å². The normalized spacial score (nSPS) is 11.7. The van der Waals surface area contributed by atoms with Crippen molar-refractivity contribution in [1.82, 2.24) is 19.5 Å². The summed E-state index contributed by atoms with van der Waals surface area (Å²) in [7, 11) is 1.41. The molecule has 24 heavy (non-hydrogen) atoms. The van der Waals surface area contributed by atoms with Crippen LogP contribution in [0.15, 0.2) is 30.6 Å². The van der Waals surface area contributed by atoms with E-state index in [9.17, 15) is 23.3 Å². The van der Waals surface area contributed by atoms with Gasteiger partial charge in [0.1, 0.15) is 6.33 Å². The molecule has 0 saturated heterocycles. The summed E-state index contributed by atoms with van der Waals surface area (Å²) in [4.78, 5) is 21.2. The van der Waals surface area contributed by atoms with Crippen LogP contribution in [0, 0.1) is 10.1 Å². The van der Waals surface area contributed by atoms with E-state index in [4.69, 9.17) is 0 Å². The third-order valence-corrected chi connectivity index (χ3v) is 3.21. The van der Waals surface area contributed by atoms with Crippen molar-refractivity contribution < 1.29 is 18.1 Å². The first kappa shape index (κ1) is 15.6. The molecule has 124 valence electrons. The van der Waals surface area contributed by atoms with Gasteiger partial charge in [0.05, 0.1) is 10.6 Å². The van der Waals surface area contributed by atoms with Gasteiger partial charge in [-0.05, 0) is 6.07 Å². The van der Waals surface area contributed by atoms with Gasteiger partial charge < -0.3 is 5.32 Å². The summed E-state index contributed by atoms with van der Waals surface area (Å²) >= 11 is 0. The summed E-state index contributed by atoms with van der Waals surface area (Å²) in [5.74, 6) is -1.41. The smallest absolute Gasteiger partial charge is 0.371 e. The lowest BCUT2D eigenvalue weighted by Crippen LogP contribution is -2.13. The van der Waals surface area contributed by atoms with Crippen molar-refractivity contribution in [3.8, 4) is 5.69 Å². The number of halogens is 3. The van der Waals surface area contributed by atoms with Crippen LogP contribution in [0.25, 0.3) is 16.9 Å². The zero-order valence-corrected chi connectivity index (χ0v) is 12.1. The number of hydrogen-bond acceptors (Lipinski definition) is 6. The molecule has 0 radical (unpaired) electrons. The fourth-order valence-corrected chi connectivity index (χ4v) is 2.15. The Morgan fingerprint density at radius 1 is 1.29 bits per heavy atom. The molecular weight excluding hydrogens is 329 g/mol. The fraction of sp³-hybridized carbons (Fsp3) is 0.154. The van der Waals surface area contributed by atoms with Crippen molar-refractivity contribution in [1.29, 1.82) is 0 Å². The van der Waals surface area contributed by atoms with Gasteiger partial charge >= 0.3 is 6.18 Å². The van der Waals surface area contributed by atoms with Crippen LogP contribution in [0.4, 0.5) is 24.7 Å². The van der Waals surface area contributed by atoms with Crippen LogP contribution >= 0.6 is 0 Å². The molecule has 0 aliphatic heterocycles. The maximum atomic E-state index is 13.0. The number of nitro groups is 1. The zero-order chi connectivity index (χ0) is 17.5. The van der Waals surface area contributed by atoms with Gasteiger partial charge in [-0.2, -0.15) is 13.2 Å². The minimum absolute atomic E-state index is 0.0866. The molecule has 3 aromatic rings. The monoisotopic (exact) mass is 338 g/mol. The molecular formula is C13H9F3N6O2. The Balaban J connectivity index is 2.26. The van der Waals surface area contributed by atoms with Gasteiger partial charge in [0.2, 0.25) is 5.82 Å². The number of nitrogens with one attached hydrogen (secondary N) is 1. The van der Waals surface area contributed by atoms with E-state index >= 15 is 0 Å². The molecule has 0 saturated carbocycles. The van der Waals surface area contributed by atoms with Gasteiger partial charge in [-0.1, -0.05) is 6.07 Å². The number of non-ortho nitro benzene ring substituents is 1. The highest BCUT2D eigenvalue weighted by atomic mass is 19.4. The second-order valence-corrected chi connectivity index (χ2v) is 4.71. The summed E-state index contributed by atoms with van der Waals surface area (Å²) in [6.07, 6.45) is -3.50. The number of hydrogen-bond donors (Lipinski definition) is 1. The van der Waals surface area contributed by atoms with Crippen molar-refractivity contribution in [3.63, 3.8) is 0 Å². The number of nitrogens with zero attached hydrogens (tertiary/aromatic N) is 5. The Morgan fingerprint density at radius 3 is 2.67 bits per heavy atom. The highest BCUT2D eigenvalue weighted by Gasteiger charge is 2.36. The lowest BCUT2D eigenvalue weighted by atomic mass is 10.3. The summed E-state index contributed by atoms with van der Waals surface area (Å²) in [6, 6.07) is 5.42. The first-order chi connectivity index (χ1) is 11.3. The largest absolute Gasteiger partial charge is 0.451 e. The molecule has 0 unspecified atom stereocenters. The summed E-state index contributed by atoms with van der Waals surface area (Å²) in [5, 5.41) is 13.4. The van der Waals surface area contributed by atoms with Crippen molar-refractivity contribution in [3.05, 3.63) is 46.5 Å². The molecule has 11 heteroatoms. The van der Waals surface area contributed by atoms with E-state index in [2.05, 4.69) is 20.3 Å². The van der Waals surface area contributed by atoms with E-state index in [1.165, 1.54) is 42.2 Å². The van der Waals surface area contributed by atoms with Crippen molar-refractivity contribution in [2.45, 2.75) is 6.18 Å². The van der Waals surface area contributed by atoms with E-state index in [0.717, 1.165) is 0 Å². The number of fused-ring (bicyclic) bond motifs is 1. The van der Waals surface area contributed by atoms with Crippen LogP contribution in [-0.4, -0.2) is 31.5 Å². The van der Waals surface area contributed by atoms with Crippen LogP contribution in [0.1, 0.15) is 5.82 Å². The van der Waals surface area contributed by atoms with Crippen LogP contribution in [0.3, 0.4) is 0 Å². The molecule has 0 aliphatic rings. The maximum absolute atomic E-state index is 13.0. The Labute approximate surface area is 132 Å². The lowest BCUT2D eigenvalue weighted by molar-refractivity contribution is -0.384. The molecule has 0 amide bonds. The van der Waals surface area contributed by atoms with Gasteiger partial charge in [-0.3, -0.25) is 14.7 Å². The number of anilines is 1. The molecule has 2 aromatic heterocycles. The molecule has 0 aliphatic carbocycles. The topological polar surface area (TPSA) is 98.8 Å². The van der Waals surface area contributed by atoms with E-state index < -0.39 is 16.9 Å². The first-order valence-corrected chi connectivity index (χ1v) is 6.56. The molecule has 1 N–H and O–H groups in total. The number of alkyl halides is 3. The second kappa shape index (κ2) is 5.44. The second-order valence-electron chi connectivity index (χ2n) is 4.71. The minimum Gasteiger partial charge on any atom is -0.371 e. The molecule has 0 atom stereocenters.